The summed E-state index contributed by atoms with van der Waals surface area (Å²) in [4.78, 5) is 1.52. The Kier molecular flexibility index (Phi) is 2.70. The van der Waals surface area contributed by atoms with Gasteiger partial charge in [0.2, 0.25) is 0 Å². The van der Waals surface area contributed by atoms with Gasteiger partial charge in [0.15, 0.2) is 0 Å². The van der Waals surface area contributed by atoms with Gasteiger partial charge in [-0.25, -0.2) is 0 Å². The maximum atomic E-state index is 3.60. The Balaban J connectivity index is 1.85. The number of nitrogens with one attached hydrogen (secondary N) is 1. The molecule has 0 amide bonds. The standard InChI is InChI=1S/C11H17NS/c1-11(6-3-8-12-11)7-5-10-4-2-9-13-10/h2,4,9,12H,3,5-8H2,1H3. The summed E-state index contributed by atoms with van der Waals surface area (Å²) in [7, 11) is 0. The van der Waals surface area contributed by atoms with E-state index in [9.17, 15) is 0 Å². The molecule has 0 aromatic carbocycles. The highest BCUT2D eigenvalue weighted by Gasteiger charge is 2.27. The monoisotopic (exact) mass is 195 g/mol. The normalized spacial score (nSPS) is 28.1. The van der Waals surface area contributed by atoms with Crippen LogP contribution < -0.4 is 5.32 Å². The zero-order chi connectivity index (χ0) is 9.15. The van der Waals surface area contributed by atoms with E-state index in [-0.39, 0.29) is 0 Å². The van der Waals surface area contributed by atoms with Crippen molar-refractivity contribution in [1.29, 1.82) is 0 Å². The Morgan fingerprint density at radius 1 is 1.62 bits per heavy atom. The van der Waals surface area contributed by atoms with Gasteiger partial charge in [0.25, 0.3) is 0 Å². The summed E-state index contributed by atoms with van der Waals surface area (Å²) in [6.07, 6.45) is 5.22. The first-order valence-electron chi connectivity index (χ1n) is 5.06. The summed E-state index contributed by atoms with van der Waals surface area (Å²) < 4.78 is 0. The molecule has 1 aliphatic heterocycles. The van der Waals surface area contributed by atoms with E-state index in [1.54, 1.807) is 0 Å². The average molecular weight is 195 g/mol. The second-order valence-electron chi connectivity index (χ2n) is 4.17. The molecule has 2 rings (SSSR count). The van der Waals surface area contributed by atoms with Gasteiger partial charge in [0, 0.05) is 10.4 Å². The fraction of sp³-hybridized carbons (Fsp3) is 0.636. The molecular formula is C11H17NS. The summed E-state index contributed by atoms with van der Waals surface area (Å²) in [5, 5.41) is 5.77. The summed E-state index contributed by atoms with van der Waals surface area (Å²) in [5.74, 6) is 0. The van der Waals surface area contributed by atoms with Crippen LogP contribution in [0.25, 0.3) is 0 Å². The first-order valence-corrected chi connectivity index (χ1v) is 5.94. The summed E-state index contributed by atoms with van der Waals surface area (Å²) in [6, 6.07) is 4.38. The maximum Gasteiger partial charge on any atom is 0.0157 e. The fourth-order valence-corrected chi connectivity index (χ4v) is 2.73. The molecule has 1 atom stereocenters. The molecule has 0 saturated carbocycles. The van der Waals surface area contributed by atoms with Crippen molar-refractivity contribution in [1.82, 2.24) is 5.32 Å². The minimum Gasteiger partial charge on any atom is -0.312 e. The minimum atomic E-state index is 0.421. The van der Waals surface area contributed by atoms with Crippen LogP contribution in [0, 0.1) is 0 Å². The van der Waals surface area contributed by atoms with Gasteiger partial charge in [0.1, 0.15) is 0 Å². The van der Waals surface area contributed by atoms with Crippen molar-refractivity contribution < 1.29 is 0 Å². The number of hydrogen-bond donors (Lipinski definition) is 1. The van der Waals surface area contributed by atoms with Crippen molar-refractivity contribution in [3.05, 3.63) is 22.4 Å². The molecule has 0 radical (unpaired) electrons. The van der Waals surface area contributed by atoms with Gasteiger partial charge in [-0.3, -0.25) is 0 Å². The van der Waals surface area contributed by atoms with Gasteiger partial charge in [0.05, 0.1) is 0 Å². The van der Waals surface area contributed by atoms with E-state index in [0.717, 1.165) is 0 Å². The quantitative estimate of drug-likeness (QED) is 0.782. The number of aryl methyl sites for hydroxylation is 1. The van der Waals surface area contributed by atoms with E-state index in [1.165, 1.54) is 37.1 Å². The molecule has 1 aliphatic rings. The van der Waals surface area contributed by atoms with Crippen LogP contribution in [0.4, 0.5) is 0 Å². The molecule has 1 N–H and O–H groups in total. The van der Waals surface area contributed by atoms with E-state index in [1.807, 2.05) is 11.3 Å². The second-order valence-corrected chi connectivity index (χ2v) is 5.20. The van der Waals surface area contributed by atoms with Crippen molar-refractivity contribution in [2.45, 2.75) is 38.1 Å². The van der Waals surface area contributed by atoms with Crippen LogP contribution in [0.5, 0.6) is 0 Å². The first kappa shape index (κ1) is 9.22. The Bertz CT molecular complexity index is 247. The van der Waals surface area contributed by atoms with Crippen molar-refractivity contribution in [2.75, 3.05) is 6.54 Å². The topological polar surface area (TPSA) is 12.0 Å². The summed E-state index contributed by atoms with van der Waals surface area (Å²) in [5.41, 5.74) is 0.421. The van der Waals surface area contributed by atoms with Crippen molar-refractivity contribution >= 4 is 11.3 Å². The Labute approximate surface area is 84.2 Å². The van der Waals surface area contributed by atoms with E-state index >= 15 is 0 Å². The molecule has 1 aromatic rings. The lowest BCUT2D eigenvalue weighted by Gasteiger charge is -2.23. The SMILES string of the molecule is CC1(CCc2cccs2)CCCN1. The fourth-order valence-electron chi connectivity index (χ4n) is 2.02. The molecule has 2 heterocycles. The lowest BCUT2D eigenvalue weighted by molar-refractivity contribution is 0.385. The van der Waals surface area contributed by atoms with Crippen LogP contribution in [0.2, 0.25) is 0 Å². The zero-order valence-corrected chi connectivity index (χ0v) is 8.99. The van der Waals surface area contributed by atoms with Crippen LogP contribution in [-0.4, -0.2) is 12.1 Å². The van der Waals surface area contributed by atoms with E-state index < -0.39 is 0 Å². The molecule has 2 heteroatoms. The predicted molar refractivity (Wildman–Crippen MR) is 58.3 cm³/mol. The molecule has 1 saturated heterocycles. The van der Waals surface area contributed by atoms with Gasteiger partial charge < -0.3 is 5.32 Å². The summed E-state index contributed by atoms with van der Waals surface area (Å²) >= 11 is 1.88. The minimum absolute atomic E-state index is 0.421. The first-order chi connectivity index (χ1) is 6.29. The molecule has 0 bridgehead atoms. The highest BCUT2D eigenvalue weighted by Crippen LogP contribution is 2.25. The van der Waals surface area contributed by atoms with Gasteiger partial charge in [-0.2, -0.15) is 0 Å². The maximum absolute atomic E-state index is 3.60. The molecule has 1 fully saturated rings. The Hall–Kier alpha value is -0.340. The zero-order valence-electron chi connectivity index (χ0n) is 8.18. The van der Waals surface area contributed by atoms with E-state index in [0.29, 0.717) is 5.54 Å². The molecule has 13 heavy (non-hydrogen) atoms. The van der Waals surface area contributed by atoms with E-state index in [4.69, 9.17) is 0 Å². The molecule has 0 spiro atoms. The Morgan fingerprint density at radius 3 is 3.15 bits per heavy atom. The molecular weight excluding hydrogens is 178 g/mol. The third kappa shape index (κ3) is 2.32. The number of rotatable bonds is 3. The number of thiophene rings is 1. The largest absolute Gasteiger partial charge is 0.312 e. The second kappa shape index (κ2) is 3.81. The molecule has 0 aliphatic carbocycles. The lowest BCUT2D eigenvalue weighted by Crippen LogP contribution is -2.36. The average Bonchev–Trinajstić information content (AvgIpc) is 2.72. The van der Waals surface area contributed by atoms with Crippen LogP contribution in [-0.2, 0) is 6.42 Å². The van der Waals surface area contributed by atoms with Gasteiger partial charge >= 0.3 is 0 Å². The third-order valence-corrected chi connectivity index (χ3v) is 3.90. The van der Waals surface area contributed by atoms with Crippen molar-refractivity contribution in [2.24, 2.45) is 0 Å². The predicted octanol–water partition coefficient (Wildman–Crippen LogP) is 2.82. The summed E-state index contributed by atoms with van der Waals surface area (Å²) in [6.45, 7) is 3.56. The molecule has 1 unspecified atom stereocenters. The van der Waals surface area contributed by atoms with Crippen LogP contribution in [0.3, 0.4) is 0 Å². The van der Waals surface area contributed by atoms with Gasteiger partial charge in [-0.15, -0.1) is 11.3 Å². The smallest absolute Gasteiger partial charge is 0.0157 e. The molecule has 72 valence electrons. The van der Waals surface area contributed by atoms with Crippen molar-refractivity contribution in [3.63, 3.8) is 0 Å². The third-order valence-electron chi connectivity index (χ3n) is 2.96. The van der Waals surface area contributed by atoms with E-state index in [2.05, 4.69) is 29.8 Å². The number of hydrogen-bond acceptors (Lipinski definition) is 2. The van der Waals surface area contributed by atoms with Gasteiger partial charge in [-0.05, 0) is 50.6 Å². The lowest BCUT2D eigenvalue weighted by atomic mass is 9.94. The van der Waals surface area contributed by atoms with Crippen LogP contribution in [0.1, 0.15) is 31.1 Å². The molecule has 1 aromatic heterocycles. The van der Waals surface area contributed by atoms with Crippen LogP contribution in [0.15, 0.2) is 17.5 Å². The highest BCUT2D eigenvalue weighted by molar-refractivity contribution is 7.09. The van der Waals surface area contributed by atoms with Crippen LogP contribution >= 0.6 is 11.3 Å². The van der Waals surface area contributed by atoms with Crippen molar-refractivity contribution in [3.8, 4) is 0 Å². The molecule has 1 nitrogen and oxygen atoms in total. The highest BCUT2D eigenvalue weighted by atomic mass is 32.1. The Morgan fingerprint density at radius 2 is 2.54 bits per heavy atom. The van der Waals surface area contributed by atoms with Gasteiger partial charge in [-0.1, -0.05) is 6.07 Å².